The van der Waals surface area contributed by atoms with Gasteiger partial charge in [-0.3, -0.25) is 43.3 Å². The smallest absolute Gasteiger partial charge is 0.326 e. The predicted molar refractivity (Wildman–Crippen MR) is 232 cm³/mol. The molecule has 0 bridgehead atoms. The summed E-state index contributed by atoms with van der Waals surface area (Å²) in [6.45, 7) is 3.36. The normalized spacial score (nSPS) is 14.1. The number of amides is 8. The van der Waals surface area contributed by atoms with Gasteiger partial charge >= 0.3 is 5.97 Å². The molecule has 23 nitrogen and oxygen atoms in total. The molecule has 2 aromatic rings. The van der Waals surface area contributed by atoms with Gasteiger partial charge in [-0.25, -0.2) is 4.79 Å². The Bertz CT molecular complexity index is 1950. The summed E-state index contributed by atoms with van der Waals surface area (Å²) in [5, 5.41) is 36.7. The van der Waals surface area contributed by atoms with Crippen molar-refractivity contribution in [2.75, 3.05) is 19.6 Å². The van der Waals surface area contributed by atoms with Crippen LogP contribution in [0.1, 0.15) is 51.2 Å². The number of carbonyl (C=O) groups excluding carboxylic acids is 8. The summed E-state index contributed by atoms with van der Waals surface area (Å²) in [5.74, 6) is -9.08. The number of rotatable bonds is 27. The number of carbonyl (C=O) groups is 9. The molecule has 23 heteroatoms. The molecule has 7 atom stereocenters. The average Bonchev–Trinajstić information content (AvgIpc) is 3.23. The minimum atomic E-state index is -1.62. The second kappa shape index (κ2) is 27.0. The van der Waals surface area contributed by atoms with Crippen molar-refractivity contribution >= 4 is 59.2 Å². The zero-order valence-corrected chi connectivity index (χ0v) is 35.9. The number of aliphatic hydroxyl groups excluding tert-OH is 1. The molecule has 17 N–H and O–H groups in total. The molecule has 2 rings (SSSR count). The highest BCUT2D eigenvalue weighted by molar-refractivity contribution is 5.97. The quantitative estimate of drug-likeness (QED) is 0.0229. The summed E-state index contributed by atoms with van der Waals surface area (Å²) in [6, 6.07) is 8.99. The summed E-state index contributed by atoms with van der Waals surface area (Å²) >= 11 is 0. The van der Waals surface area contributed by atoms with Gasteiger partial charge < -0.3 is 70.4 Å². The second-order valence-corrected chi connectivity index (χ2v) is 15.1. The lowest BCUT2D eigenvalue weighted by Crippen LogP contribution is -2.61. The van der Waals surface area contributed by atoms with E-state index in [0.717, 1.165) is 0 Å². The van der Waals surface area contributed by atoms with E-state index in [1.165, 1.54) is 6.92 Å². The number of nitrogens with two attached hydrogens (primary N) is 4. The number of carboxylic acid groups (broad SMARTS) is 1. The van der Waals surface area contributed by atoms with E-state index in [2.05, 4.69) is 36.9 Å². The van der Waals surface area contributed by atoms with E-state index in [-0.39, 0.29) is 31.8 Å². The number of carboxylic acids is 1. The van der Waals surface area contributed by atoms with Crippen LogP contribution in [-0.2, 0) is 56.0 Å². The number of guanidine groups is 1. The molecule has 7 unspecified atom stereocenters. The van der Waals surface area contributed by atoms with Crippen LogP contribution in [0.15, 0.2) is 65.7 Å². The molecule has 0 aliphatic carbocycles. The van der Waals surface area contributed by atoms with Crippen molar-refractivity contribution in [3.8, 4) is 0 Å². The Balaban J connectivity index is 2.26. The van der Waals surface area contributed by atoms with Gasteiger partial charge in [-0.2, -0.15) is 0 Å². The fourth-order valence-corrected chi connectivity index (χ4v) is 5.92. The van der Waals surface area contributed by atoms with E-state index in [1.807, 2.05) is 5.32 Å². The number of benzene rings is 2. The Labute approximate surface area is 369 Å². The van der Waals surface area contributed by atoms with Gasteiger partial charge in [0.05, 0.1) is 31.7 Å². The zero-order valence-electron chi connectivity index (χ0n) is 35.9. The molecular formula is C41H60N12O11. The molecule has 0 aromatic heterocycles. The van der Waals surface area contributed by atoms with E-state index in [9.17, 15) is 48.3 Å². The fraction of sp³-hybridized carbons (Fsp3) is 0.463. The van der Waals surface area contributed by atoms with Crippen LogP contribution < -0.4 is 60.2 Å². The highest BCUT2D eigenvalue weighted by Crippen LogP contribution is 2.10. The highest BCUT2D eigenvalue weighted by atomic mass is 16.4. The molecule has 0 spiro atoms. The molecular weight excluding hydrogens is 837 g/mol. The van der Waals surface area contributed by atoms with Gasteiger partial charge in [0, 0.05) is 19.4 Å². The van der Waals surface area contributed by atoms with Gasteiger partial charge in [0.15, 0.2) is 5.96 Å². The standard InChI is InChI=1S/C41H60N12O11/c1-22(2)33(38(61)48-20-31(56)47-21-32(57)49-29(40(63)64)19-30(43)55)52-37(60)28(18-25-13-8-5-9-14-25)50-36(59)27(17-24-11-6-4-7-12-24)51-39(62)34(23(3)54)53-35(58)26(42)15-10-16-46-41(44)45/h4-9,11-14,22-23,26-29,33-34,54H,10,15-21,42H2,1-3H3,(H2,43,55)(H,47,56)(H,48,61)(H,49,57)(H,50,59)(H,51,62)(H,52,60)(H,53,58)(H,63,64)(H4,44,45,46). The van der Waals surface area contributed by atoms with Crippen LogP contribution in [0.5, 0.6) is 0 Å². The maximum Gasteiger partial charge on any atom is 0.326 e. The van der Waals surface area contributed by atoms with Crippen LogP contribution in [0.4, 0.5) is 0 Å². The van der Waals surface area contributed by atoms with Crippen LogP contribution in [0.3, 0.4) is 0 Å². The monoisotopic (exact) mass is 896 g/mol. The molecule has 0 radical (unpaired) electrons. The first-order chi connectivity index (χ1) is 30.2. The lowest BCUT2D eigenvalue weighted by Gasteiger charge is -2.28. The van der Waals surface area contributed by atoms with Crippen molar-refractivity contribution in [3.05, 3.63) is 71.8 Å². The van der Waals surface area contributed by atoms with Gasteiger partial charge in [-0.15, -0.1) is 0 Å². The van der Waals surface area contributed by atoms with E-state index in [4.69, 9.17) is 28.0 Å². The van der Waals surface area contributed by atoms with Crippen LogP contribution in [0.25, 0.3) is 0 Å². The number of primary amides is 1. The van der Waals surface area contributed by atoms with Crippen LogP contribution >= 0.6 is 0 Å². The SMILES string of the molecule is CC(C)C(NC(=O)C(Cc1ccccc1)NC(=O)C(Cc1ccccc1)NC(=O)C(NC(=O)C(N)CCCN=C(N)N)C(C)O)C(=O)NCC(=O)NCC(=O)NC(CC(N)=O)C(=O)O. The fourth-order valence-electron chi connectivity index (χ4n) is 5.92. The first kappa shape index (κ1) is 53.0. The molecule has 0 saturated carbocycles. The van der Waals surface area contributed by atoms with Gasteiger partial charge in [0.1, 0.15) is 30.2 Å². The molecule has 350 valence electrons. The van der Waals surface area contributed by atoms with Crippen molar-refractivity contribution < 1.29 is 53.4 Å². The lowest BCUT2D eigenvalue weighted by atomic mass is 9.99. The summed E-state index contributed by atoms with van der Waals surface area (Å²) in [5.41, 5.74) is 22.9. The average molecular weight is 897 g/mol. The maximum atomic E-state index is 14.2. The number of hydrogen-bond acceptors (Lipinski definition) is 12. The number of aliphatic imine (C=N–C) groups is 1. The van der Waals surface area contributed by atoms with Crippen molar-refractivity contribution in [1.82, 2.24) is 37.2 Å². The van der Waals surface area contributed by atoms with Crippen molar-refractivity contribution in [3.63, 3.8) is 0 Å². The van der Waals surface area contributed by atoms with E-state index in [1.54, 1.807) is 74.5 Å². The summed E-state index contributed by atoms with van der Waals surface area (Å²) in [7, 11) is 0. The Morgan fingerprint density at radius 3 is 1.59 bits per heavy atom. The number of nitrogens with zero attached hydrogens (tertiary/aromatic N) is 1. The molecule has 0 aliphatic heterocycles. The minimum Gasteiger partial charge on any atom is -0.480 e. The van der Waals surface area contributed by atoms with Crippen LogP contribution in [0, 0.1) is 5.92 Å². The first-order valence-electron chi connectivity index (χ1n) is 20.3. The topological polar surface area (TPSA) is 395 Å². The largest absolute Gasteiger partial charge is 0.480 e. The summed E-state index contributed by atoms with van der Waals surface area (Å²) < 4.78 is 0. The Hall–Kier alpha value is -7.14. The van der Waals surface area contributed by atoms with Crippen molar-refractivity contribution in [2.45, 2.75) is 95.2 Å². The lowest BCUT2D eigenvalue weighted by molar-refractivity contribution is -0.143. The highest BCUT2D eigenvalue weighted by Gasteiger charge is 2.34. The van der Waals surface area contributed by atoms with E-state index in [0.29, 0.717) is 17.5 Å². The molecule has 0 saturated heterocycles. The molecule has 0 fully saturated rings. The van der Waals surface area contributed by atoms with E-state index < -0.39 is 121 Å². The molecule has 64 heavy (non-hydrogen) atoms. The second-order valence-electron chi connectivity index (χ2n) is 15.1. The molecule has 0 aliphatic rings. The van der Waals surface area contributed by atoms with Crippen molar-refractivity contribution in [1.29, 1.82) is 0 Å². The Morgan fingerprint density at radius 1 is 0.609 bits per heavy atom. The third-order valence-electron chi connectivity index (χ3n) is 9.35. The van der Waals surface area contributed by atoms with Gasteiger partial charge in [0.25, 0.3) is 0 Å². The molecule has 2 aromatic carbocycles. The number of hydrogen-bond donors (Lipinski definition) is 13. The van der Waals surface area contributed by atoms with Gasteiger partial charge in [0.2, 0.25) is 47.3 Å². The number of aliphatic carboxylic acids is 1. The Morgan fingerprint density at radius 2 is 1.11 bits per heavy atom. The van der Waals surface area contributed by atoms with Crippen LogP contribution in [0.2, 0.25) is 0 Å². The van der Waals surface area contributed by atoms with Gasteiger partial charge in [-0.1, -0.05) is 74.5 Å². The van der Waals surface area contributed by atoms with Crippen LogP contribution in [-0.4, -0.2) is 131 Å². The van der Waals surface area contributed by atoms with E-state index >= 15 is 0 Å². The molecule has 0 heterocycles. The third-order valence-corrected chi connectivity index (χ3v) is 9.35. The third kappa shape index (κ3) is 19.7. The number of aliphatic hydroxyl groups is 1. The van der Waals surface area contributed by atoms with Crippen molar-refractivity contribution in [2.24, 2.45) is 33.8 Å². The minimum absolute atomic E-state index is 0.0725. The first-order valence-corrected chi connectivity index (χ1v) is 20.3. The maximum absolute atomic E-state index is 14.2. The number of nitrogens with one attached hydrogen (secondary N) is 7. The predicted octanol–water partition coefficient (Wildman–Crippen LogP) is -4.49. The molecule has 8 amide bonds. The summed E-state index contributed by atoms with van der Waals surface area (Å²) in [6.07, 6.45) is -1.78. The zero-order chi connectivity index (χ0) is 47.9. The van der Waals surface area contributed by atoms with Gasteiger partial charge in [-0.05, 0) is 36.8 Å². The Kier molecular flexibility index (Phi) is 22.4. The summed E-state index contributed by atoms with van der Waals surface area (Å²) in [4.78, 5) is 119.